The summed E-state index contributed by atoms with van der Waals surface area (Å²) in [5.41, 5.74) is 0.596. The second-order valence-corrected chi connectivity index (χ2v) is 7.73. The Morgan fingerprint density at radius 1 is 1.06 bits per heavy atom. The fraction of sp³-hybridized carbons (Fsp3) is 0.182. The Morgan fingerprint density at radius 2 is 1.72 bits per heavy atom. The summed E-state index contributed by atoms with van der Waals surface area (Å²) in [5, 5.41) is 2.87. The number of hydrogen-bond donors (Lipinski definition) is 1. The Kier molecular flexibility index (Phi) is 6.73. The van der Waals surface area contributed by atoms with Gasteiger partial charge in [-0.25, -0.2) is 9.78 Å². The SMILES string of the molecule is CC(=O)c1ccccc1NC(=O)COC(=O)c1sc(-c2ccc(C(F)(F)F)cc2)nc1C. The first kappa shape index (κ1) is 23.1. The summed E-state index contributed by atoms with van der Waals surface area (Å²) in [6, 6.07) is 10.9. The molecule has 3 rings (SSSR count). The number of thiazole rings is 1. The summed E-state index contributed by atoms with van der Waals surface area (Å²) in [4.78, 5) is 40.5. The fourth-order valence-electron chi connectivity index (χ4n) is 2.79. The second-order valence-electron chi connectivity index (χ2n) is 6.73. The number of amides is 1. The van der Waals surface area contributed by atoms with Crippen LogP contribution in [0.25, 0.3) is 10.6 Å². The predicted octanol–water partition coefficient (Wildman–Crippen LogP) is 5.14. The average molecular weight is 462 g/mol. The fourth-order valence-corrected chi connectivity index (χ4v) is 3.76. The van der Waals surface area contributed by atoms with E-state index in [4.69, 9.17) is 4.74 Å². The molecule has 0 radical (unpaired) electrons. The van der Waals surface area contributed by atoms with Gasteiger partial charge < -0.3 is 10.1 Å². The maximum atomic E-state index is 12.7. The summed E-state index contributed by atoms with van der Waals surface area (Å²) >= 11 is 0.953. The smallest absolute Gasteiger partial charge is 0.416 e. The number of nitrogens with zero attached hydrogens (tertiary/aromatic N) is 1. The van der Waals surface area contributed by atoms with E-state index in [2.05, 4.69) is 10.3 Å². The van der Waals surface area contributed by atoms with Crippen LogP contribution in [0.1, 0.15) is 38.2 Å². The van der Waals surface area contributed by atoms with E-state index in [-0.39, 0.29) is 10.7 Å². The minimum atomic E-state index is -4.45. The summed E-state index contributed by atoms with van der Waals surface area (Å²) in [5.74, 6) is -1.64. The number of halogens is 3. The topological polar surface area (TPSA) is 85.4 Å². The van der Waals surface area contributed by atoms with Crippen LogP contribution in [0.5, 0.6) is 0 Å². The van der Waals surface area contributed by atoms with Crippen molar-refractivity contribution in [2.45, 2.75) is 20.0 Å². The van der Waals surface area contributed by atoms with Crippen LogP contribution in [0.4, 0.5) is 18.9 Å². The number of anilines is 1. The van der Waals surface area contributed by atoms with E-state index in [1.807, 2.05) is 0 Å². The van der Waals surface area contributed by atoms with Gasteiger partial charge in [-0.3, -0.25) is 9.59 Å². The van der Waals surface area contributed by atoms with Crippen molar-refractivity contribution in [1.82, 2.24) is 4.98 Å². The number of benzene rings is 2. The van der Waals surface area contributed by atoms with Gasteiger partial charge in [0.25, 0.3) is 5.91 Å². The molecule has 1 heterocycles. The first-order valence-electron chi connectivity index (χ1n) is 9.28. The van der Waals surface area contributed by atoms with Crippen LogP contribution in [0.3, 0.4) is 0 Å². The molecule has 1 N–H and O–H groups in total. The number of nitrogens with one attached hydrogen (secondary N) is 1. The molecule has 3 aromatic rings. The second kappa shape index (κ2) is 9.31. The highest BCUT2D eigenvalue weighted by Crippen LogP contribution is 2.33. The molecule has 10 heteroatoms. The van der Waals surface area contributed by atoms with Gasteiger partial charge in [0, 0.05) is 11.1 Å². The molecule has 6 nitrogen and oxygen atoms in total. The molecule has 32 heavy (non-hydrogen) atoms. The zero-order valence-corrected chi connectivity index (χ0v) is 17.8. The van der Waals surface area contributed by atoms with Crippen LogP contribution in [0, 0.1) is 6.92 Å². The Hall–Kier alpha value is -3.53. The van der Waals surface area contributed by atoms with E-state index in [1.54, 1.807) is 31.2 Å². The molecule has 2 aromatic carbocycles. The molecule has 0 aliphatic rings. The number of esters is 1. The minimum Gasteiger partial charge on any atom is -0.451 e. The molecule has 0 saturated carbocycles. The van der Waals surface area contributed by atoms with Crippen molar-refractivity contribution in [2.24, 2.45) is 0 Å². The normalized spacial score (nSPS) is 11.2. The lowest BCUT2D eigenvalue weighted by Gasteiger charge is -2.09. The molecule has 0 aliphatic heterocycles. The van der Waals surface area contributed by atoms with Crippen LogP contribution in [-0.4, -0.2) is 29.3 Å². The van der Waals surface area contributed by atoms with E-state index < -0.39 is 30.2 Å². The standard InChI is InChI=1S/C22H17F3N2O4S/c1-12-19(32-20(26-12)14-7-9-15(10-8-14)22(23,24)25)21(30)31-11-18(29)27-17-6-4-3-5-16(17)13(2)28/h3-10H,11H2,1-2H3,(H,27,29). The highest BCUT2D eigenvalue weighted by Gasteiger charge is 2.30. The van der Waals surface area contributed by atoms with Crippen molar-refractivity contribution < 1.29 is 32.3 Å². The number of ketones is 1. The van der Waals surface area contributed by atoms with E-state index in [0.29, 0.717) is 27.5 Å². The Morgan fingerprint density at radius 3 is 2.34 bits per heavy atom. The molecule has 0 fully saturated rings. The van der Waals surface area contributed by atoms with Crippen molar-refractivity contribution in [3.05, 3.63) is 70.2 Å². The van der Waals surface area contributed by atoms with Gasteiger partial charge in [-0.05, 0) is 38.1 Å². The molecule has 166 valence electrons. The molecule has 0 aliphatic carbocycles. The van der Waals surface area contributed by atoms with Gasteiger partial charge >= 0.3 is 12.1 Å². The maximum Gasteiger partial charge on any atom is 0.416 e. The zero-order chi connectivity index (χ0) is 23.5. The number of aryl methyl sites for hydroxylation is 1. The number of Topliss-reactive ketones (excluding diaryl/α,β-unsaturated/α-hetero) is 1. The van der Waals surface area contributed by atoms with Crippen LogP contribution in [-0.2, 0) is 15.7 Å². The maximum absolute atomic E-state index is 12.7. The zero-order valence-electron chi connectivity index (χ0n) is 16.9. The van der Waals surface area contributed by atoms with E-state index in [9.17, 15) is 27.6 Å². The molecule has 1 amide bonds. The molecule has 0 atom stereocenters. The molecule has 0 unspecified atom stereocenters. The van der Waals surface area contributed by atoms with Crippen molar-refractivity contribution in [1.29, 1.82) is 0 Å². The first-order valence-corrected chi connectivity index (χ1v) is 10.1. The molecule has 0 bridgehead atoms. The number of alkyl halides is 3. The number of ether oxygens (including phenoxy) is 1. The van der Waals surface area contributed by atoms with Crippen molar-refractivity contribution in [2.75, 3.05) is 11.9 Å². The number of rotatable bonds is 6. The quantitative estimate of drug-likeness (QED) is 0.405. The number of hydrogen-bond acceptors (Lipinski definition) is 6. The minimum absolute atomic E-state index is 0.136. The van der Waals surface area contributed by atoms with Crippen LogP contribution in [0.15, 0.2) is 48.5 Å². The molecule has 0 spiro atoms. The number of aromatic nitrogens is 1. The molecular formula is C22H17F3N2O4S. The van der Waals surface area contributed by atoms with Gasteiger partial charge in [-0.15, -0.1) is 11.3 Å². The lowest BCUT2D eigenvalue weighted by Crippen LogP contribution is -2.21. The van der Waals surface area contributed by atoms with Crippen molar-refractivity contribution in [3.8, 4) is 10.6 Å². The van der Waals surface area contributed by atoms with Gasteiger partial charge in [0.15, 0.2) is 12.4 Å². The van der Waals surface area contributed by atoms with Crippen molar-refractivity contribution >= 4 is 34.7 Å². The highest BCUT2D eigenvalue weighted by molar-refractivity contribution is 7.17. The van der Waals surface area contributed by atoms with Gasteiger partial charge in [0.1, 0.15) is 9.88 Å². The Labute approximate surface area is 185 Å². The lowest BCUT2D eigenvalue weighted by atomic mass is 10.1. The van der Waals surface area contributed by atoms with Gasteiger partial charge in [-0.1, -0.05) is 24.3 Å². The predicted molar refractivity (Wildman–Crippen MR) is 113 cm³/mol. The summed E-state index contributed by atoms with van der Waals surface area (Å²) in [6.07, 6.45) is -4.45. The van der Waals surface area contributed by atoms with Gasteiger partial charge in [-0.2, -0.15) is 13.2 Å². The lowest BCUT2D eigenvalue weighted by molar-refractivity contribution is -0.137. The Balaban J connectivity index is 1.66. The third kappa shape index (κ3) is 5.38. The first-order chi connectivity index (χ1) is 15.1. The number of carbonyl (C=O) groups excluding carboxylic acids is 3. The number of para-hydroxylation sites is 1. The Bertz CT molecular complexity index is 1170. The van der Waals surface area contributed by atoms with Crippen LogP contribution in [0.2, 0.25) is 0 Å². The molecular weight excluding hydrogens is 445 g/mol. The third-order valence-electron chi connectivity index (χ3n) is 4.36. The third-order valence-corrected chi connectivity index (χ3v) is 5.54. The molecule has 0 saturated heterocycles. The summed E-state index contributed by atoms with van der Waals surface area (Å²) in [7, 11) is 0. The summed E-state index contributed by atoms with van der Waals surface area (Å²) in [6.45, 7) is 2.34. The average Bonchev–Trinajstić information content (AvgIpc) is 3.13. The monoisotopic (exact) mass is 462 g/mol. The van der Waals surface area contributed by atoms with Gasteiger partial charge in [0.2, 0.25) is 0 Å². The largest absolute Gasteiger partial charge is 0.451 e. The molecule has 1 aromatic heterocycles. The van der Waals surface area contributed by atoms with E-state index >= 15 is 0 Å². The van der Waals surface area contributed by atoms with Crippen LogP contribution < -0.4 is 5.32 Å². The highest BCUT2D eigenvalue weighted by atomic mass is 32.1. The van der Waals surface area contributed by atoms with E-state index in [0.717, 1.165) is 23.5 Å². The van der Waals surface area contributed by atoms with Crippen molar-refractivity contribution in [3.63, 3.8) is 0 Å². The van der Waals surface area contributed by atoms with Gasteiger partial charge in [0.05, 0.1) is 16.9 Å². The number of carbonyl (C=O) groups is 3. The van der Waals surface area contributed by atoms with E-state index in [1.165, 1.54) is 19.1 Å². The van der Waals surface area contributed by atoms with Crippen LogP contribution >= 0.6 is 11.3 Å². The summed E-state index contributed by atoms with van der Waals surface area (Å²) < 4.78 is 43.2.